The van der Waals surface area contributed by atoms with E-state index in [-0.39, 0.29) is 11.6 Å². The van der Waals surface area contributed by atoms with E-state index in [1.54, 1.807) is 24.3 Å². The normalized spacial score (nSPS) is 16.2. The molecule has 8 nitrogen and oxygen atoms in total. The zero-order valence-electron chi connectivity index (χ0n) is 11.6. The molecule has 0 radical (unpaired) electrons. The van der Waals surface area contributed by atoms with Gasteiger partial charge in [-0.2, -0.15) is 5.10 Å². The topological polar surface area (TPSA) is 114 Å². The van der Waals surface area contributed by atoms with Gasteiger partial charge in [0.15, 0.2) is 11.5 Å². The Kier molecular flexibility index (Phi) is 2.77. The molecule has 1 aliphatic heterocycles. The maximum absolute atomic E-state index is 12.1. The standard InChI is InChI=1S/C15H10N4O4/c20-15-14-11(13(17-18-14)10-2-1-7-23-10)12(16-15)8-3-5-9(6-4-8)19(21)22/h1-7,12H,(H,16,20)(H,17,18)/t12-/m1/s1. The van der Waals surface area contributed by atoms with Crippen LogP contribution in [0.5, 0.6) is 0 Å². The van der Waals surface area contributed by atoms with Crippen LogP contribution in [-0.4, -0.2) is 21.0 Å². The van der Waals surface area contributed by atoms with E-state index in [2.05, 4.69) is 15.5 Å². The van der Waals surface area contributed by atoms with Crippen LogP contribution in [-0.2, 0) is 0 Å². The lowest BCUT2D eigenvalue weighted by atomic mass is 9.99. The summed E-state index contributed by atoms with van der Waals surface area (Å²) in [5.41, 5.74) is 2.33. The largest absolute Gasteiger partial charge is 0.463 e. The van der Waals surface area contributed by atoms with E-state index in [1.165, 1.54) is 18.4 Å². The summed E-state index contributed by atoms with van der Waals surface area (Å²) in [6, 6.07) is 9.14. The molecule has 0 spiro atoms. The summed E-state index contributed by atoms with van der Waals surface area (Å²) in [6.07, 6.45) is 1.54. The number of rotatable bonds is 3. The van der Waals surface area contributed by atoms with Gasteiger partial charge in [0.05, 0.1) is 17.2 Å². The van der Waals surface area contributed by atoms with E-state index in [4.69, 9.17) is 4.42 Å². The van der Waals surface area contributed by atoms with Gasteiger partial charge in [0.2, 0.25) is 0 Å². The second-order valence-electron chi connectivity index (χ2n) is 5.09. The third-order valence-electron chi connectivity index (χ3n) is 3.79. The first-order valence-electron chi connectivity index (χ1n) is 6.82. The van der Waals surface area contributed by atoms with Crippen molar-refractivity contribution < 1.29 is 14.1 Å². The van der Waals surface area contributed by atoms with E-state index >= 15 is 0 Å². The molecule has 1 aromatic carbocycles. The zero-order valence-corrected chi connectivity index (χ0v) is 11.6. The maximum Gasteiger partial charge on any atom is 0.272 e. The fraction of sp³-hybridized carbons (Fsp3) is 0.0667. The summed E-state index contributed by atoms with van der Waals surface area (Å²) in [4.78, 5) is 22.4. The molecule has 0 unspecified atom stereocenters. The monoisotopic (exact) mass is 310 g/mol. The van der Waals surface area contributed by atoms with Crippen LogP contribution < -0.4 is 5.32 Å². The molecule has 1 atom stereocenters. The van der Waals surface area contributed by atoms with Crippen LogP contribution in [0.3, 0.4) is 0 Å². The van der Waals surface area contributed by atoms with Gasteiger partial charge in [-0.25, -0.2) is 0 Å². The van der Waals surface area contributed by atoms with Crippen LogP contribution in [0, 0.1) is 10.1 Å². The molecule has 3 aromatic rings. The fourth-order valence-electron chi connectivity index (χ4n) is 2.72. The first kappa shape index (κ1) is 13.3. The van der Waals surface area contributed by atoms with Crippen molar-refractivity contribution in [3.63, 3.8) is 0 Å². The number of furan rings is 1. The van der Waals surface area contributed by atoms with Crippen LogP contribution in [0.1, 0.15) is 27.7 Å². The summed E-state index contributed by atoms with van der Waals surface area (Å²) in [5.74, 6) is 0.277. The Labute approximate surface area is 129 Å². The van der Waals surface area contributed by atoms with Crippen LogP contribution in [0.15, 0.2) is 47.1 Å². The smallest absolute Gasteiger partial charge is 0.272 e. The number of nitrogens with one attached hydrogen (secondary N) is 2. The number of aromatic nitrogens is 2. The van der Waals surface area contributed by atoms with E-state index in [9.17, 15) is 14.9 Å². The Hall–Kier alpha value is -3.42. The fourth-order valence-corrected chi connectivity index (χ4v) is 2.72. The lowest BCUT2D eigenvalue weighted by Gasteiger charge is -2.12. The number of benzene rings is 1. The Morgan fingerprint density at radius 3 is 2.65 bits per heavy atom. The number of fused-ring (bicyclic) bond motifs is 1. The van der Waals surface area contributed by atoms with Gasteiger partial charge in [0.1, 0.15) is 5.69 Å². The molecular formula is C15H10N4O4. The minimum absolute atomic E-state index is 0.00301. The van der Waals surface area contributed by atoms with Crippen LogP contribution >= 0.6 is 0 Å². The molecule has 114 valence electrons. The average Bonchev–Trinajstić information content (AvgIpc) is 3.25. The summed E-state index contributed by atoms with van der Waals surface area (Å²) in [6.45, 7) is 0. The molecule has 2 aromatic heterocycles. The SMILES string of the molecule is O=C1N[C@H](c2ccc([N+](=O)[O-])cc2)c2c1n[nH]c2-c1ccco1. The Morgan fingerprint density at radius 1 is 1.22 bits per heavy atom. The summed E-state index contributed by atoms with van der Waals surface area (Å²) >= 11 is 0. The van der Waals surface area contributed by atoms with Gasteiger partial charge in [0, 0.05) is 17.7 Å². The van der Waals surface area contributed by atoms with Crippen molar-refractivity contribution in [2.45, 2.75) is 6.04 Å². The van der Waals surface area contributed by atoms with Gasteiger partial charge < -0.3 is 9.73 Å². The number of nitrogens with zero attached hydrogens (tertiary/aromatic N) is 2. The summed E-state index contributed by atoms with van der Waals surface area (Å²) < 4.78 is 5.37. The minimum Gasteiger partial charge on any atom is -0.463 e. The second-order valence-corrected chi connectivity index (χ2v) is 5.09. The van der Waals surface area contributed by atoms with E-state index in [0.29, 0.717) is 22.7 Å². The van der Waals surface area contributed by atoms with Gasteiger partial charge in [-0.05, 0) is 29.8 Å². The van der Waals surface area contributed by atoms with Crippen molar-refractivity contribution >= 4 is 11.6 Å². The Balaban J connectivity index is 1.80. The van der Waals surface area contributed by atoms with Crippen molar-refractivity contribution in [1.82, 2.24) is 15.5 Å². The third kappa shape index (κ3) is 2.00. The molecule has 8 heteroatoms. The highest BCUT2D eigenvalue weighted by atomic mass is 16.6. The first-order valence-corrected chi connectivity index (χ1v) is 6.82. The molecular weight excluding hydrogens is 300 g/mol. The number of hydrogen-bond acceptors (Lipinski definition) is 5. The number of nitro benzene ring substituents is 1. The number of hydrogen-bond donors (Lipinski definition) is 2. The number of non-ortho nitro benzene ring substituents is 1. The third-order valence-corrected chi connectivity index (χ3v) is 3.79. The number of nitro groups is 1. The Morgan fingerprint density at radius 2 is 2.00 bits per heavy atom. The van der Waals surface area contributed by atoms with E-state index < -0.39 is 11.0 Å². The van der Waals surface area contributed by atoms with Crippen molar-refractivity contribution in [2.24, 2.45) is 0 Å². The van der Waals surface area contributed by atoms with Gasteiger partial charge in [-0.15, -0.1) is 0 Å². The molecule has 0 bridgehead atoms. The highest BCUT2D eigenvalue weighted by Crippen LogP contribution is 2.37. The van der Waals surface area contributed by atoms with Crippen molar-refractivity contribution in [1.29, 1.82) is 0 Å². The lowest BCUT2D eigenvalue weighted by molar-refractivity contribution is -0.384. The van der Waals surface area contributed by atoms with Crippen LogP contribution in [0.2, 0.25) is 0 Å². The quantitative estimate of drug-likeness (QED) is 0.569. The summed E-state index contributed by atoms with van der Waals surface area (Å²) in [7, 11) is 0. The molecule has 1 amide bonds. The zero-order chi connectivity index (χ0) is 16.0. The highest BCUT2D eigenvalue weighted by Gasteiger charge is 2.36. The lowest BCUT2D eigenvalue weighted by Crippen LogP contribution is -2.21. The number of carbonyl (C=O) groups excluding carboxylic acids is 1. The number of amides is 1. The van der Waals surface area contributed by atoms with Gasteiger partial charge in [0.25, 0.3) is 11.6 Å². The first-order chi connectivity index (χ1) is 11.1. The van der Waals surface area contributed by atoms with Crippen molar-refractivity contribution in [2.75, 3.05) is 0 Å². The number of aromatic amines is 1. The summed E-state index contributed by atoms with van der Waals surface area (Å²) in [5, 5.41) is 20.5. The molecule has 0 aliphatic carbocycles. The molecule has 3 heterocycles. The van der Waals surface area contributed by atoms with E-state index in [0.717, 1.165) is 5.56 Å². The minimum atomic E-state index is -0.464. The second kappa shape index (κ2) is 4.80. The van der Waals surface area contributed by atoms with Crippen LogP contribution in [0.4, 0.5) is 5.69 Å². The molecule has 2 N–H and O–H groups in total. The maximum atomic E-state index is 12.1. The average molecular weight is 310 g/mol. The molecule has 0 saturated carbocycles. The predicted octanol–water partition coefficient (Wildman–Crippen LogP) is 2.41. The van der Waals surface area contributed by atoms with Crippen molar-refractivity contribution in [3.05, 3.63) is 69.6 Å². The molecule has 0 fully saturated rings. The predicted molar refractivity (Wildman–Crippen MR) is 78.7 cm³/mol. The molecule has 23 heavy (non-hydrogen) atoms. The number of H-pyrrole nitrogens is 1. The van der Waals surface area contributed by atoms with Gasteiger partial charge >= 0.3 is 0 Å². The molecule has 4 rings (SSSR count). The van der Waals surface area contributed by atoms with Crippen molar-refractivity contribution in [3.8, 4) is 11.5 Å². The molecule has 1 aliphatic rings. The molecule has 0 saturated heterocycles. The number of carbonyl (C=O) groups is 1. The van der Waals surface area contributed by atoms with Crippen LogP contribution in [0.25, 0.3) is 11.5 Å². The Bertz CT molecular complexity index is 896. The van der Waals surface area contributed by atoms with Gasteiger partial charge in [-0.1, -0.05) is 0 Å². The van der Waals surface area contributed by atoms with E-state index in [1.807, 2.05) is 0 Å². The van der Waals surface area contributed by atoms with Gasteiger partial charge in [-0.3, -0.25) is 20.0 Å². The highest BCUT2D eigenvalue weighted by molar-refractivity contribution is 5.99.